The SMILES string of the molecule is Cc1nc2ccc(Cl)c(C)n2c1N. The van der Waals surface area contributed by atoms with E-state index in [2.05, 4.69) is 4.98 Å². The van der Waals surface area contributed by atoms with E-state index in [0.29, 0.717) is 10.8 Å². The summed E-state index contributed by atoms with van der Waals surface area (Å²) in [6, 6.07) is 3.69. The highest BCUT2D eigenvalue weighted by molar-refractivity contribution is 6.31. The average Bonchev–Trinajstić information content (AvgIpc) is 2.37. The van der Waals surface area contributed by atoms with Crippen molar-refractivity contribution in [3.63, 3.8) is 0 Å². The Morgan fingerprint density at radius 1 is 1.38 bits per heavy atom. The molecular weight excluding hydrogens is 186 g/mol. The third kappa shape index (κ3) is 1.08. The first kappa shape index (κ1) is 8.38. The molecule has 2 heterocycles. The van der Waals surface area contributed by atoms with Crippen LogP contribution in [-0.2, 0) is 0 Å². The molecule has 0 bridgehead atoms. The number of fused-ring (bicyclic) bond motifs is 1. The first-order valence-electron chi connectivity index (χ1n) is 4.01. The Bertz CT molecular complexity index is 473. The molecule has 0 fully saturated rings. The van der Waals surface area contributed by atoms with Gasteiger partial charge in [0.25, 0.3) is 0 Å². The normalized spacial score (nSPS) is 11.0. The van der Waals surface area contributed by atoms with E-state index < -0.39 is 0 Å². The summed E-state index contributed by atoms with van der Waals surface area (Å²) in [5.74, 6) is 0.662. The molecule has 0 aliphatic rings. The first-order valence-corrected chi connectivity index (χ1v) is 4.38. The minimum atomic E-state index is 0.662. The number of nitrogen functional groups attached to an aromatic ring is 1. The highest BCUT2D eigenvalue weighted by Gasteiger charge is 2.08. The third-order valence-corrected chi connectivity index (χ3v) is 2.58. The molecule has 0 atom stereocenters. The Hall–Kier alpha value is -1.22. The van der Waals surface area contributed by atoms with Gasteiger partial charge in [-0.05, 0) is 26.0 Å². The minimum Gasteiger partial charge on any atom is -0.383 e. The van der Waals surface area contributed by atoms with E-state index in [-0.39, 0.29) is 0 Å². The standard InChI is InChI=1S/C9H10ClN3/c1-5-9(11)13-6(2)7(10)3-4-8(13)12-5/h3-4H,11H2,1-2H3. The fourth-order valence-electron chi connectivity index (χ4n) is 1.40. The molecule has 0 aliphatic heterocycles. The zero-order valence-corrected chi connectivity index (χ0v) is 8.26. The summed E-state index contributed by atoms with van der Waals surface area (Å²) in [4.78, 5) is 4.29. The molecular formula is C9H10ClN3. The zero-order chi connectivity index (χ0) is 9.59. The van der Waals surface area contributed by atoms with Crippen LogP contribution < -0.4 is 5.73 Å². The lowest BCUT2D eigenvalue weighted by molar-refractivity contribution is 1.10. The molecule has 0 aromatic carbocycles. The maximum atomic E-state index is 5.96. The van der Waals surface area contributed by atoms with Crippen molar-refractivity contribution in [1.82, 2.24) is 9.38 Å². The van der Waals surface area contributed by atoms with E-state index >= 15 is 0 Å². The molecule has 13 heavy (non-hydrogen) atoms. The second-order valence-corrected chi connectivity index (χ2v) is 3.45. The number of halogens is 1. The maximum Gasteiger partial charge on any atom is 0.138 e. The molecule has 0 radical (unpaired) electrons. The second-order valence-electron chi connectivity index (χ2n) is 3.04. The van der Waals surface area contributed by atoms with Crippen molar-refractivity contribution < 1.29 is 0 Å². The number of hydrogen-bond donors (Lipinski definition) is 1. The minimum absolute atomic E-state index is 0.662. The van der Waals surface area contributed by atoms with Crippen LogP contribution in [0.15, 0.2) is 12.1 Å². The topological polar surface area (TPSA) is 43.3 Å². The lowest BCUT2D eigenvalue weighted by Gasteiger charge is -2.03. The zero-order valence-electron chi connectivity index (χ0n) is 7.50. The van der Waals surface area contributed by atoms with Gasteiger partial charge in [-0.3, -0.25) is 4.40 Å². The molecule has 2 aromatic rings. The number of anilines is 1. The van der Waals surface area contributed by atoms with Crippen LogP contribution in [0.1, 0.15) is 11.4 Å². The summed E-state index contributed by atoms with van der Waals surface area (Å²) in [6.45, 7) is 3.81. The van der Waals surface area contributed by atoms with Crippen molar-refractivity contribution in [1.29, 1.82) is 0 Å². The molecule has 2 rings (SSSR count). The predicted molar refractivity (Wildman–Crippen MR) is 54.1 cm³/mol. The van der Waals surface area contributed by atoms with Crippen molar-refractivity contribution in [3.8, 4) is 0 Å². The summed E-state index contributed by atoms with van der Waals surface area (Å²) in [7, 11) is 0. The molecule has 0 saturated heterocycles. The number of nitrogens with two attached hydrogens (primary N) is 1. The van der Waals surface area contributed by atoms with Crippen molar-refractivity contribution in [2.24, 2.45) is 0 Å². The highest BCUT2D eigenvalue weighted by Crippen LogP contribution is 2.21. The van der Waals surface area contributed by atoms with Crippen LogP contribution >= 0.6 is 11.6 Å². The Kier molecular flexibility index (Phi) is 1.70. The maximum absolute atomic E-state index is 5.96. The molecule has 4 heteroatoms. The van der Waals surface area contributed by atoms with Crippen LogP contribution in [0, 0.1) is 13.8 Å². The quantitative estimate of drug-likeness (QED) is 0.700. The van der Waals surface area contributed by atoms with Gasteiger partial charge >= 0.3 is 0 Å². The number of hydrogen-bond acceptors (Lipinski definition) is 2. The highest BCUT2D eigenvalue weighted by atomic mass is 35.5. The van der Waals surface area contributed by atoms with Crippen LogP contribution in [-0.4, -0.2) is 9.38 Å². The molecule has 2 N–H and O–H groups in total. The van der Waals surface area contributed by atoms with Gasteiger partial charge in [0.05, 0.1) is 10.7 Å². The number of aromatic nitrogens is 2. The number of aryl methyl sites for hydroxylation is 2. The van der Waals surface area contributed by atoms with Crippen LogP contribution in [0.2, 0.25) is 5.02 Å². The van der Waals surface area contributed by atoms with Crippen molar-refractivity contribution in [2.75, 3.05) is 5.73 Å². The molecule has 2 aromatic heterocycles. The van der Waals surface area contributed by atoms with E-state index in [9.17, 15) is 0 Å². The van der Waals surface area contributed by atoms with E-state index in [0.717, 1.165) is 17.0 Å². The number of imidazole rings is 1. The van der Waals surface area contributed by atoms with E-state index in [1.165, 1.54) is 0 Å². The van der Waals surface area contributed by atoms with E-state index in [1.54, 1.807) is 0 Å². The molecule has 0 amide bonds. The number of nitrogens with zero attached hydrogens (tertiary/aromatic N) is 2. The predicted octanol–water partition coefficient (Wildman–Crippen LogP) is 2.19. The van der Waals surface area contributed by atoms with Gasteiger partial charge in [-0.25, -0.2) is 4.98 Å². The summed E-state index contributed by atoms with van der Waals surface area (Å²) in [5, 5.41) is 0.705. The first-order chi connectivity index (χ1) is 6.11. The summed E-state index contributed by atoms with van der Waals surface area (Å²) in [6.07, 6.45) is 0. The molecule has 0 spiro atoms. The number of pyridine rings is 1. The van der Waals surface area contributed by atoms with Gasteiger partial charge in [0, 0.05) is 5.69 Å². The van der Waals surface area contributed by atoms with E-state index in [1.807, 2.05) is 30.4 Å². The smallest absolute Gasteiger partial charge is 0.138 e. The molecule has 3 nitrogen and oxygen atoms in total. The van der Waals surface area contributed by atoms with Crippen LogP contribution in [0.25, 0.3) is 5.65 Å². The van der Waals surface area contributed by atoms with Crippen molar-refractivity contribution in [2.45, 2.75) is 13.8 Å². The lowest BCUT2D eigenvalue weighted by atomic mass is 10.3. The fourth-order valence-corrected chi connectivity index (χ4v) is 1.55. The summed E-state index contributed by atoms with van der Waals surface area (Å²) >= 11 is 5.96. The Morgan fingerprint density at radius 2 is 2.08 bits per heavy atom. The molecule has 0 aliphatic carbocycles. The van der Waals surface area contributed by atoms with Crippen LogP contribution in [0.5, 0.6) is 0 Å². The number of rotatable bonds is 0. The van der Waals surface area contributed by atoms with Gasteiger partial charge in [-0.2, -0.15) is 0 Å². The van der Waals surface area contributed by atoms with Gasteiger partial charge in [-0.15, -0.1) is 0 Å². The van der Waals surface area contributed by atoms with Gasteiger partial charge in [-0.1, -0.05) is 11.6 Å². The van der Waals surface area contributed by atoms with Gasteiger partial charge in [0.1, 0.15) is 11.5 Å². The van der Waals surface area contributed by atoms with Gasteiger partial charge in [0.15, 0.2) is 0 Å². The monoisotopic (exact) mass is 195 g/mol. The van der Waals surface area contributed by atoms with Crippen LogP contribution in [0.3, 0.4) is 0 Å². The van der Waals surface area contributed by atoms with E-state index in [4.69, 9.17) is 17.3 Å². The summed E-state index contributed by atoms with van der Waals surface area (Å²) in [5.41, 5.74) is 8.46. The fraction of sp³-hybridized carbons (Fsp3) is 0.222. The average molecular weight is 196 g/mol. The third-order valence-electron chi connectivity index (χ3n) is 2.18. The Labute approximate surface area is 81.1 Å². The molecule has 0 unspecified atom stereocenters. The van der Waals surface area contributed by atoms with Gasteiger partial charge in [0.2, 0.25) is 0 Å². The van der Waals surface area contributed by atoms with Crippen molar-refractivity contribution in [3.05, 3.63) is 28.5 Å². The lowest BCUT2D eigenvalue weighted by Crippen LogP contribution is -1.98. The molecule has 0 saturated carbocycles. The Balaban J connectivity index is 2.97. The Morgan fingerprint density at radius 3 is 2.77 bits per heavy atom. The largest absolute Gasteiger partial charge is 0.383 e. The van der Waals surface area contributed by atoms with Crippen LogP contribution in [0.4, 0.5) is 5.82 Å². The second kappa shape index (κ2) is 2.64. The molecule has 68 valence electrons. The van der Waals surface area contributed by atoms with Crippen molar-refractivity contribution >= 4 is 23.1 Å². The summed E-state index contributed by atoms with van der Waals surface area (Å²) < 4.78 is 1.86. The van der Waals surface area contributed by atoms with Gasteiger partial charge < -0.3 is 5.73 Å².